The number of unbranched alkanes of at least 4 members (excludes halogenated alkanes) is 33. The Balaban J connectivity index is 5.21. The van der Waals surface area contributed by atoms with Crippen LogP contribution >= 0.6 is 15.6 Å². The predicted octanol–water partition coefficient (Wildman–Crippen LogP) is 17.7. The molecule has 492 valence electrons. The summed E-state index contributed by atoms with van der Waals surface area (Å²) in [5.74, 6) is -0.635. The Labute approximate surface area is 505 Å². The first-order valence-electron chi connectivity index (χ1n) is 33.5. The molecule has 83 heavy (non-hydrogen) atoms. The number of carbonyl (C=O) groups excluding carboxylic acids is 4. The Hall–Kier alpha value is -1.94. The zero-order valence-corrected chi connectivity index (χ0v) is 55.3. The number of aliphatic hydroxyl groups excluding tert-OH is 1. The van der Waals surface area contributed by atoms with Crippen molar-refractivity contribution in [2.45, 2.75) is 336 Å². The van der Waals surface area contributed by atoms with Gasteiger partial charge in [-0.2, -0.15) is 0 Å². The summed E-state index contributed by atoms with van der Waals surface area (Å²) in [6.45, 7) is 9.42. The van der Waals surface area contributed by atoms with Crippen LogP contribution in [0.3, 0.4) is 0 Å². The molecule has 0 aromatic carbocycles. The average molecular weight is 1230 g/mol. The van der Waals surface area contributed by atoms with Gasteiger partial charge in [0.1, 0.15) is 19.3 Å². The molecule has 0 heterocycles. The summed E-state index contributed by atoms with van der Waals surface area (Å²) in [6, 6.07) is 0. The molecule has 0 aliphatic rings. The number of hydrogen-bond donors (Lipinski definition) is 3. The number of hydrogen-bond acceptors (Lipinski definition) is 15. The van der Waals surface area contributed by atoms with Gasteiger partial charge in [0.2, 0.25) is 0 Å². The molecule has 17 nitrogen and oxygen atoms in total. The van der Waals surface area contributed by atoms with Crippen molar-refractivity contribution in [2.75, 3.05) is 39.6 Å². The van der Waals surface area contributed by atoms with Crippen molar-refractivity contribution < 1.29 is 80.2 Å². The molecule has 0 saturated heterocycles. The van der Waals surface area contributed by atoms with Crippen molar-refractivity contribution in [3.63, 3.8) is 0 Å². The zero-order chi connectivity index (χ0) is 61.5. The number of phosphoric ester groups is 2. The van der Waals surface area contributed by atoms with E-state index in [-0.39, 0.29) is 25.7 Å². The fraction of sp³-hybridized carbons (Fsp3) is 0.938. The van der Waals surface area contributed by atoms with E-state index in [1.54, 1.807) is 0 Å². The summed E-state index contributed by atoms with van der Waals surface area (Å²) in [5.41, 5.74) is 0. The number of aliphatic hydroxyl groups is 1. The molecule has 0 saturated carbocycles. The molecule has 0 aromatic rings. The maximum Gasteiger partial charge on any atom is 0.472 e. The van der Waals surface area contributed by atoms with Crippen molar-refractivity contribution in [3.8, 4) is 0 Å². The third kappa shape index (κ3) is 58.8. The molecule has 0 bridgehead atoms. The van der Waals surface area contributed by atoms with Crippen LogP contribution in [-0.2, 0) is 65.4 Å². The molecule has 0 rings (SSSR count). The highest BCUT2D eigenvalue weighted by atomic mass is 31.2. The second-order valence-electron chi connectivity index (χ2n) is 24.1. The Morgan fingerprint density at radius 1 is 0.325 bits per heavy atom. The zero-order valence-electron chi connectivity index (χ0n) is 53.5. The van der Waals surface area contributed by atoms with Crippen LogP contribution in [0.2, 0.25) is 0 Å². The highest BCUT2D eigenvalue weighted by Crippen LogP contribution is 2.45. The van der Waals surface area contributed by atoms with E-state index in [4.69, 9.17) is 37.0 Å². The molecule has 3 N–H and O–H groups in total. The third-order valence-corrected chi connectivity index (χ3v) is 16.6. The lowest BCUT2D eigenvalue weighted by molar-refractivity contribution is -0.161. The highest BCUT2D eigenvalue weighted by Gasteiger charge is 2.30. The van der Waals surface area contributed by atoms with Crippen LogP contribution in [0, 0.1) is 11.8 Å². The summed E-state index contributed by atoms with van der Waals surface area (Å²) >= 11 is 0. The Kier molecular flexibility index (Phi) is 55.2. The van der Waals surface area contributed by atoms with E-state index in [0.29, 0.717) is 25.7 Å². The first-order valence-corrected chi connectivity index (χ1v) is 36.5. The molecule has 0 aliphatic heterocycles. The standard InChI is InChI=1S/C64H124O17P2/c1-7-9-11-13-15-16-22-30-36-42-48-63(68)80-59(52-74-61(66)46-40-34-26-14-12-10-8-2)54-78-82(70,71)76-50-58(65)51-77-83(72,73)79-55-60(53-75-62(67)47-41-35-29-25-24-28-33-39-45-57(5)6)81-64(69)49-43-37-31-23-20-18-17-19-21-27-32-38-44-56(3)4/h56-60,65H,7-55H2,1-6H3,(H,70,71)(H,72,73)/t58-,59+,60+/m0/s1. The van der Waals surface area contributed by atoms with E-state index in [9.17, 15) is 43.2 Å². The number of carbonyl (C=O) groups is 4. The molecular weight excluding hydrogens is 1100 g/mol. The van der Waals surface area contributed by atoms with Crippen LogP contribution in [0.25, 0.3) is 0 Å². The van der Waals surface area contributed by atoms with E-state index >= 15 is 0 Å². The molecule has 0 aliphatic carbocycles. The van der Waals surface area contributed by atoms with E-state index < -0.39 is 97.5 Å². The van der Waals surface area contributed by atoms with Gasteiger partial charge in [0, 0.05) is 25.7 Å². The summed E-state index contributed by atoms with van der Waals surface area (Å²) in [7, 11) is -9.88. The van der Waals surface area contributed by atoms with Gasteiger partial charge in [-0.25, -0.2) is 9.13 Å². The molecule has 19 heteroatoms. The lowest BCUT2D eigenvalue weighted by Gasteiger charge is -2.21. The summed E-state index contributed by atoms with van der Waals surface area (Å²) in [4.78, 5) is 72.1. The fourth-order valence-corrected chi connectivity index (χ4v) is 11.1. The minimum Gasteiger partial charge on any atom is -0.462 e. The predicted molar refractivity (Wildman–Crippen MR) is 331 cm³/mol. The van der Waals surface area contributed by atoms with Crippen LogP contribution in [0.1, 0.15) is 318 Å². The van der Waals surface area contributed by atoms with Gasteiger partial charge in [0.05, 0.1) is 26.4 Å². The number of esters is 4. The topological polar surface area (TPSA) is 237 Å². The van der Waals surface area contributed by atoms with E-state index in [1.807, 2.05) is 0 Å². The van der Waals surface area contributed by atoms with Crippen molar-refractivity contribution in [1.29, 1.82) is 0 Å². The Morgan fingerprint density at radius 2 is 0.554 bits per heavy atom. The van der Waals surface area contributed by atoms with E-state index in [1.165, 1.54) is 122 Å². The Bertz CT molecular complexity index is 1630. The molecule has 0 radical (unpaired) electrons. The fourth-order valence-electron chi connectivity index (χ4n) is 9.53. The highest BCUT2D eigenvalue weighted by molar-refractivity contribution is 7.47. The maximum atomic E-state index is 13.0. The minimum absolute atomic E-state index is 0.106. The van der Waals surface area contributed by atoms with Gasteiger partial charge < -0.3 is 33.8 Å². The lowest BCUT2D eigenvalue weighted by Crippen LogP contribution is -2.30. The molecule has 0 spiro atoms. The summed E-state index contributed by atoms with van der Waals surface area (Å²) in [6.07, 6.45) is 39.0. The second-order valence-corrected chi connectivity index (χ2v) is 27.0. The van der Waals surface area contributed by atoms with Gasteiger partial charge in [0.15, 0.2) is 12.2 Å². The number of phosphoric acid groups is 2. The van der Waals surface area contributed by atoms with Crippen LogP contribution < -0.4 is 0 Å². The largest absolute Gasteiger partial charge is 0.472 e. The maximum absolute atomic E-state index is 13.0. The van der Waals surface area contributed by atoms with Crippen molar-refractivity contribution >= 4 is 39.5 Å². The molecule has 5 atom stereocenters. The third-order valence-electron chi connectivity index (χ3n) is 14.7. The van der Waals surface area contributed by atoms with Gasteiger partial charge in [-0.15, -0.1) is 0 Å². The van der Waals surface area contributed by atoms with Crippen LogP contribution in [0.4, 0.5) is 0 Å². The average Bonchev–Trinajstić information content (AvgIpc) is 3.44. The second kappa shape index (κ2) is 56.6. The van der Waals surface area contributed by atoms with Crippen molar-refractivity contribution in [2.24, 2.45) is 11.8 Å². The monoisotopic (exact) mass is 1230 g/mol. The number of rotatable bonds is 63. The Morgan fingerprint density at radius 3 is 0.819 bits per heavy atom. The van der Waals surface area contributed by atoms with Crippen LogP contribution in [0.15, 0.2) is 0 Å². The summed E-state index contributed by atoms with van der Waals surface area (Å²) < 4.78 is 67.9. The van der Waals surface area contributed by atoms with Crippen LogP contribution in [0.5, 0.6) is 0 Å². The van der Waals surface area contributed by atoms with E-state index in [0.717, 1.165) is 115 Å². The van der Waals surface area contributed by atoms with Crippen LogP contribution in [-0.4, -0.2) is 96.7 Å². The first-order chi connectivity index (χ1) is 39.9. The van der Waals surface area contributed by atoms with E-state index in [2.05, 4.69) is 41.5 Å². The van der Waals surface area contributed by atoms with Gasteiger partial charge >= 0.3 is 39.5 Å². The SMILES string of the molecule is CCCCCCCCCCCCC(=O)O[C@H](COC(=O)CCCCCCCCC)COP(=O)(O)OC[C@H](O)COP(=O)(O)OC[C@@H](COC(=O)CCCCCCCCCCC(C)C)OC(=O)CCCCCCCCCCCCCCC(C)C. The molecule has 0 amide bonds. The van der Waals surface area contributed by atoms with Crippen molar-refractivity contribution in [3.05, 3.63) is 0 Å². The van der Waals surface area contributed by atoms with Gasteiger partial charge in [-0.3, -0.25) is 37.3 Å². The first kappa shape index (κ1) is 81.1. The molecule has 2 unspecified atom stereocenters. The summed E-state index contributed by atoms with van der Waals surface area (Å²) in [5, 5.41) is 10.5. The quantitative estimate of drug-likeness (QED) is 0.0222. The van der Waals surface area contributed by atoms with Crippen molar-refractivity contribution in [1.82, 2.24) is 0 Å². The molecule has 0 fully saturated rings. The number of ether oxygens (including phenoxy) is 4. The molecule has 0 aromatic heterocycles. The normalized spacial score (nSPS) is 14.3. The van der Waals surface area contributed by atoms with Gasteiger partial charge in [-0.05, 0) is 37.5 Å². The lowest BCUT2D eigenvalue weighted by atomic mass is 10.0. The minimum atomic E-state index is -4.94. The van der Waals surface area contributed by atoms with Gasteiger partial charge in [0.25, 0.3) is 0 Å². The molecular formula is C64H124O17P2. The van der Waals surface area contributed by atoms with Gasteiger partial charge in [-0.1, -0.05) is 266 Å². The smallest absolute Gasteiger partial charge is 0.462 e.